The molecule has 0 fully saturated rings. The molecule has 0 saturated heterocycles. The molecule has 0 aliphatic carbocycles. The Bertz CT molecular complexity index is 719. The second-order valence-corrected chi connectivity index (χ2v) is 7.48. The Morgan fingerprint density at radius 3 is 1.95 bits per heavy atom. The normalized spacial score (nSPS) is 13.0. The maximum Gasteiger partial charge on any atom is 1.00 e. The Morgan fingerprint density at radius 1 is 0.955 bits per heavy atom. The van der Waals surface area contributed by atoms with Gasteiger partial charge in [-0.25, -0.2) is 0 Å². The van der Waals surface area contributed by atoms with Gasteiger partial charge in [-0.15, -0.1) is 0 Å². The van der Waals surface area contributed by atoms with Crippen LogP contribution in [0.5, 0.6) is 0 Å². The van der Waals surface area contributed by atoms with Gasteiger partial charge >= 0.3 is 29.6 Å². The van der Waals surface area contributed by atoms with E-state index in [0.29, 0.717) is 13.0 Å². The van der Waals surface area contributed by atoms with Gasteiger partial charge < -0.3 is 4.90 Å². The molecule has 1 N–H and O–H groups in total. The fourth-order valence-electron chi connectivity index (χ4n) is 2.43. The van der Waals surface area contributed by atoms with E-state index in [4.69, 9.17) is 4.55 Å². The molecule has 0 aromatic heterocycles. The van der Waals surface area contributed by atoms with Crippen molar-refractivity contribution in [3.8, 4) is 0 Å². The van der Waals surface area contributed by atoms with E-state index in [1.54, 1.807) is 11.8 Å². The van der Waals surface area contributed by atoms with E-state index in [2.05, 4.69) is 17.0 Å². The van der Waals surface area contributed by atoms with Crippen molar-refractivity contribution in [2.45, 2.75) is 16.2 Å². The van der Waals surface area contributed by atoms with Crippen molar-refractivity contribution in [2.24, 2.45) is 0 Å². The van der Waals surface area contributed by atoms with Crippen LogP contribution in [0, 0.1) is 0 Å². The fraction of sp³-hybridized carbons (Fsp3) is 0.200. The van der Waals surface area contributed by atoms with Gasteiger partial charge in [0, 0.05) is 16.3 Å². The zero-order valence-corrected chi connectivity index (χ0v) is 15.9. The third kappa shape index (κ3) is 4.07. The monoisotopic (exact) mass is 344 g/mol. The summed E-state index contributed by atoms with van der Waals surface area (Å²) in [4.78, 5) is 4.43. The summed E-state index contributed by atoms with van der Waals surface area (Å²) in [6.07, 6.45) is 0.381. The first kappa shape index (κ1) is 17.8. The maximum atomic E-state index is 10.9. The third-order valence-corrected chi connectivity index (χ3v) is 5.25. The van der Waals surface area contributed by atoms with Gasteiger partial charge in [0.2, 0.25) is 0 Å². The third-order valence-electron chi connectivity index (χ3n) is 3.32. The molecule has 2 aromatic rings. The van der Waals surface area contributed by atoms with Gasteiger partial charge in [0.25, 0.3) is 10.1 Å². The van der Waals surface area contributed by atoms with E-state index < -0.39 is 10.1 Å². The molecule has 0 saturated carbocycles. The molecule has 0 spiro atoms. The first-order chi connectivity index (χ1) is 10.0. The Morgan fingerprint density at radius 2 is 1.45 bits per heavy atom. The molecule has 0 amide bonds. The fourth-order valence-corrected chi connectivity index (χ4v) is 4.02. The number of anilines is 2. The van der Waals surface area contributed by atoms with E-state index in [-0.39, 0.29) is 35.3 Å². The van der Waals surface area contributed by atoms with Crippen LogP contribution in [-0.4, -0.2) is 25.3 Å². The molecule has 2 aromatic carbocycles. The van der Waals surface area contributed by atoms with Crippen LogP contribution in [-0.2, 0) is 10.1 Å². The van der Waals surface area contributed by atoms with Crippen LogP contribution in [0.15, 0.2) is 58.3 Å². The first-order valence-electron chi connectivity index (χ1n) is 6.63. The van der Waals surface area contributed by atoms with Crippen molar-refractivity contribution in [1.29, 1.82) is 0 Å². The minimum atomic E-state index is -3.91. The van der Waals surface area contributed by atoms with Crippen LogP contribution in [0.1, 0.15) is 6.42 Å². The van der Waals surface area contributed by atoms with Crippen molar-refractivity contribution in [3.63, 3.8) is 0 Å². The molecule has 0 bridgehead atoms. The largest absolute Gasteiger partial charge is 1.00 e. The summed E-state index contributed by atoms with van der Waals surface area (Å²) >= 11 is 1.72. The maximum absolute atomic E-state index is 10.9. The number of para-hydroxylation sites is 2. The molecule has 1 aliphatic rings. The minimum Gasteiger partial charge on any atom is -0.340 e. The molecule has 1 heterocycles. The Labute approximate surface area is 157 Å². The topological polar surface area (TPSA) is 57.6 Å². The predicted molar refractivity (Wildman–Crippen MR) is 85.0 cm³/mol. The van der Waals surface area contributed by atoms with Gasteiger partial charge in [-0.05, 0) is 30.7 Å². The Hall–Kier alpha value is -0.500. The molecule has 22 heavy (non-hydrogen) atoms. The van der Waals surface area contributed by atoms with Crippen LogP contribution >= 0.6 is 11.8 Å². The summed E-state index contributed by atoms with van der Waals surface area (Å²) in [6.45, 7) is 0.550. The van der Waals surface area contributed by atoms with Crippen LogP contribution in [0.3, 0.4) is 0 Å². The smallest absolute Gasteiger partial charge is 0.340 e. The number of hydrogen-bond acceptors (Lipinski definition) is 4. The molecular formula is C15H15NNaO3S2+. The average molecular weight is 344 g/mol. The predicted octanol–water partition coefficient (Wildman–Crippen LogP) is 0.571. The van der Waals surface area contributed by atoms with Crippen LogP contribution in [0.2, 0.25) is 0 Å². The first-order valence-corrected chi connectivity index (χ1v) is 9.06. The quantitative estimate of drug-likeness (QED) is 0.649. The van der Waals surface area contributed by atoms with Crippen molar-refractivity contribution in [1.82, 2.24) is 0 Å². The number of fused-ring (bicyclic) bond motifs is 2. The number of hydrogen-bond donors (Lipinski definition) is 1. The van der Waals surface area contributed by atoms with Gasteiger partial charge in [-0.3, -0.25) is 4.55 Å². The number of rotatable bonds is 4. The second-order valence-electron chi connectivity index (χ2n) is 4.83. The summed E-state index contributed by atoms with van der Waals surface area (Å²) in [6, 6.07) is 16.1. The van der Waals surface area contributed by atoms with Gasteiger partial charge in [-0.1, -0.05) is 36.0 Å². The van der Waals surface area contributed by atoms with E-state index in [1.807, 2.05) is 36.4 Å². The van der Waals surface area contributed by atoms with E-state index in [9.17, 15) is 8.42 Å². The summed E-state index contributed by atoms with van der Waals surface area (Å²) in [5.74, 6) is -0.221. The summed E-state index contributed by atoms with van der Waals surface area (Å²) in [5.41, 5.74) is 2.16. The molecule has 4 nitrogen and oxygen atoms in total. The zero-order valence-electron chi connectivity index (χ0n) is 12.3. The second kappa shape index (κ2) is 7.38. The zero-order chi connectivity index (χ0) is 14.9. The number of nitrogens with zero attached hydrogens (tertiary/aromatic N) is 1. The van der Waals surface area contributed by atoms with E-state index in [0.717, 1.165) is 21.2 Å². The molecule has 0 radical (unpaired) electrons. The average Bonchev–Trinajstić information content (AvgIpc) is 2.45. The molecule has 0 unspecified atom stereocenters. The van der Waals surface area contributed by atoms with Crippen LogP contribution in [0.25, 0.3) is 0 Å². The van der Waals surface area contributed by atoms with E-state index >= 15 is 0 Å². The van der Waals surface area contributed by atoms with Crippen molar-refractivity contribution in [2.75, 3.05) is 17.2 Å². The van der Waals surface area contributed by atoms with Gasteiger partial charge in [0.15, 0.2) is 0 Å². The van der Waals surface area contributed by atoms with Gasteiger partial charge in [0.05, 0.1) is 17.1 Å². The molecule has 3 rings (SSSR count). The Kier molecular flexibility index (Phi) is 5.99. The Balaban J connectivity index is 0.00000176. The van der Waals surface area contributed by atoms with Gasteiger partial charge in [0.1, 0.15) is 0 Å². The van der Waals surface area contributed by atoms with Crippen molar-refractivity contribution in [3.05, 3.63) is 48.5 Å². The molecular weight excluding hydrogens is 329 g/mol. The SMILES string of the molecule is O=S(=O)(O)CCCN1c2ccccc2Sc2ccccc21.[Na+]. The van der Waals surface area contributed by atoms with E-state index in [1.165, 1.54) is 0 Å². The minimum absolute atomic E-state index is 0. The standard InChI is InChI=1S/C15H15NO3S2.Na/c17-21(18,19)11-5-10-16-12-6-1-3-8-14(12)20-15-9-4-2-7-13(15)16;/h1-4,6-9H,5,10-11H2,(H,17,18,19);/q;+1. The number of benzene rings is 2. The molecule has 0 atom stereocenters. The molecule has 7 heteroatoms. The molecule has 110 valence electrons. The van der Waals surface area contributed by atoms with Crippen molar-refractivity contribution >= 4 is 33.3 Å². The van der Waals surface area contributed by atoms with Crippen LogP contribution in [0.4, 0.5) is 11.4 Å². The summed E-state index contributed by atoms with van der Waals surface area (Å²) < 4.78 is 30.7. The van der Waals surface area contributed by atoms with Crippen molar-refractivity contribution < 1.29 is 42.5 Å². The van der Waals surface area contributed by atoms with Crippen LogP contribution < -0.4 is 34.5 Å². The molecule has 1 aliphatic heterocycles. The summed E-state index contributed by atoms with van der Waals surface area (Å²) in [5, 5.41) is 0. The van der Waals surface area contributed by atoms with Gasteiger partial charge in [-0.2, -0.15) is 8.42 Å². The summed E-state index contributed by atoms with van der Waals surface area (Å²) in [7, 11) is -3.91.